The molecule has 2 aromatic carbocycles. The van der Waals surface area contributed by atoms with E-state index in [0.717, 1.165) is 27.0 Å². The highest BCUT2D eigenvalue weighted by molar-refractivity contribution is 9.10. The molecule has 3 aromatic rings. The molecule has 122 valence electrons. The van der Waals surface area contributed by atoms with Gasteiger partial charge >= 0.3 is 0 Å². The molecule has 1 aromatic heterocycles. The van der Waals surface area contributed by atoms with Crippen LogP contribution in [0.25, 0.3) is 0 Å². The van der Waals surface area contributed by atoms with Crippen LogP contribution in [-0.4, -0.2) is 15.2 Å². The average molecular weight is 384 g/mol. The summed E-state index contributed by atoms with van der Waals surface area (Å²) in [5.74, 6) is 1.10. The molecule has 0 unspecified atom stereocenters. The number of benzene rings is 2. The number of para-hydroxylation sites is 1. The molecule has 5 nitrogen and oxygen atoms in total. The van der Waals surface area contributed by atoms with Crippen molar-refractivity contribution in [3.8, 4) is 0 Å². The van der Waals surface area contributed by atoms with Crippen LogP contribution in [0.4, 0.5) is 23.1 Å². The molecule has 6 heteroatoms. The lowest BCUT2D eigenvalue weighted by molar-refractivity contribution is 0.981. The lowest BCUT2D eigenvalue weighted by Crippen LogP contribution is -2.04. The first-order valence-electron chi connectivity index (χ1n) is 7.59. The van der Waals surface area contributed by atoms with E-state index in [2.05, 4.69) is 67.7 Å². The first kappa shape index (κ1) is 16.4. The van der Waals surface area contributed by atoms with Crippen LogP contribution >= 0.6 is 15.9 Å². The predicted molar refractivity (Wildman–Crippen MR) is 101 cm³/mol. The van der Waals surface area contributed by atoms with Crippen molar-refractivity contribution in [3.63, 3.8) is 0 Å². The maximum Gasteiger partial charge on any atom is 0.249 e. The van der Waals surface area contributed by atoms with Crippen molar-refractivity contribution in [1.82, 2.24) is 15.2 Å². The first-order valence-corrected chi connectivity index (χ1v) is 8.38. The molecule has 0 spiro atoms. The maximum absolute atomic E-state index is 4.49. The Morgan fingerprint density at radius 3 is 2.38 bits per heavy atom. The third-order valence-corrected chi connectivity index (χ3v) is 4.58. The van der Waals surface area contributed by atoms with Gasteiger partial charge in [-0.2, -0.15) is 10.1 Å². The zero-order valence-electron chi connectivity index (χ0n) is 13.8. The van der Waals surface area contributed by atoms with Crippen LogP contribution in [-0.2, 0) is 0 Å². The zero-order valence-corrected chi connectivity index (χ0v) is 15.3. The van der Waals surface area contributed by atoms with E-state index in [1.54, 1.807) is 6.20 Å². The van der Waals surface area contributed by atoms with Gasteiger partial charge in [0.1, 0.15) is 0 Å². The van der Waals surface area contributed by atoms with Crippen molar-refractivity contribution in [2.24, 2.45) is 0 Å². The summed E-state index contributed by atoms with van der Waals surface area (Å²) in [5.41, 5.74) is 5.43. The van der Waals surface area contributed by atoms with Crippen molar-refractivity contribution >= 4 is 39.1 Å². The number of aromatic nitrogens is 3. The second-order valence-corrected chi connectivity index (χ2v) is 6.50. The Labute approximate surface area is 149 Å². The van der Waals surface area contributed by atoms with Crippen LogP contribution < -0.4 is 10.6 Å². The van der Waals surface area contributed by atoms with E-state index >= 15 is 0 Å². The molecule has 0 aliphatic carbocycles. The molecule has 0 aliphatic rings. The van der Waals surface area contributed by atoms with Gasteiger partial charge in [0.25, 0.3) is 0 Å². The van der Waals surface area contributed by atoms with Gasteiger partial charge in [-0.05, 0) is 49.6 Å². The van der Waals surface area contributed by atoms with Crippen LogP contribution in [0, 0.1) is 20.8 Å². The summed E-state index contributed by atoms with van der Waals surface area (Å²) < 4.78 is 1.03. The molecular weight excluding hydrogens is 366 g/mol. The zero-order chi connectivity index (χ0) is 17.1. The number of anilines is 4. The monoisotopic (exact) mass is 383 g/mol. The van der Waals surface area contributed by atoms with Gasteiger partial charge in [-0.3, -0.25) is 0 Å². The molecule has 0 radical (unpaired) electrons. The summed E-state index contributed by atoms with van der Waals surface area (Å²) in [7, 11) is 0. The van der Waals surface area contributed by atoms with E-state index in [1.807, 2.05) is 31.2 Å². The number of nitrogens with one attached hydrogen (secondary N) is 2. The SMILES string of the molecule is Cc1ccc(Nc2nncc(Nc3c(C)cccc3C)n2)cc1Br. The van der Waals surface area contributed by atoms with Crippen molar-refractivity contribution in [2.45, 2.75) is 20.8 Å². The van der Waals surface area contributed by atoms with Crippen LogP contribution in [0.3, 0.4) is 0 Å². The second-order valence-electron chi connectivity index (χ2n) is 5.65. The smallest absolute Gasteiger partial charge is 0.249 e. The molecule has 0 aliphatic heterocycles. The van der Waals surface area contributed by atoms with Gasteiger partial charge in [-0.25, -0.2) is 0 Å². The summed E-state index contributed by atoms with van der Waals surface area (Å²) in [6, 6.07) is 12.2. The van der Waals surface area contributed by atoms with E-state index in [4.69, 9.17) is 0 Å². The number of aryl methyl sites for hydroxylation is 3. The Hall–Kier alpha value is -2.47. The number of rotatable bonds is 4. The number of nitrogens with zero attached hydrogens (tertiary/aromatic N) is 3. The van der Waals surface area contributed by atoms with Crippen LogP contribution in [0.1, 0.15) is 16.7 Å². The number of hydrogen-bond acceptors (Lipinski definition) is 5. The Kier molecular flexibility index (Phi) is 4.76. The summed E-state index contributed by atoms with van der Waals surface area (Å²) >= 11 is 3.53. The molecule has 0 saturated carbocycles. The van der Waals surface area contributed by atoms with E-state index < -0.39 is 0 Å². The van der Waals surface area contributed by atoms with Gasteiger partial charge in [0.2, 0.25) is 5.95 Å². The van der Waals surface area contributed by atoms with E-state index in [9.17, 15) is 0 Å². The van der Waals surface area contributed by atoms with Crippen LogP contribution in [0.15, 0.2) is 47.1 Å². The van der Waals surface area contributed by atoms with Gasteiger partial charge in [-0.1, -0.05) is 40.2 Å². The van der Waals surface area contributed by atoms with Gasteiger partial charge in [0, 0.05) is 15.8 Å². The molecule has 1 heterocycles. The molecule has 0 atom stereocenters. The maximum atomic E-state index is 4.49. The van der Waals surface area contributed by atoms with E-state index in [0.29, 0.717) is 11.8 Å². The average Bonchev–Trinajstić information content (AvgIpc) is 2.55. The highest BCUT2D eigenvalue weighted by atomic mass is 79.9. The quantitative estimate of drug-likeness (QED) is 0.659. The lowest BCUT2D eigenvalue weighted by Gasteiger charge is -2.12. The van der Waals surface area contributed by atoms with Crippen molar-refractivity contribution in [1.29, 1.82) is 0 Å². The minimum absolute atomic E-state index is 0.446. The second kappa shape index (κ2) is 6.97. The Morgan fingerprint density at radius 1 is 0.917 bits per heavy atom. The van der Waals surface area contributed by atoms with Crippen LogP contribution in [0.5, 0.6) is 0 Å². The van der Waals surface area contributed by atoms with Gasteiger partial charge in [0.15, 0.2) is 5.82 Å². The summed E-state index contributed by atoms with van der Waals surface area (Å²) in [5, 5.41) is 14.6. The minimum Gasteiger partial charge on any atom is -0.338 e. The molecule has 0 saturated heterocycles. The van der Waals surface area contributed by atoms with Crippen molar-refractivity contribution in [3.05, 3.63) is 63.8 Å². The molecular formula is C18H18BrN5. The largest absolute Gasteiger partial charge is 0.338 e. The topological polar surface area (TPSA) is 62.7 Å². The third-order valence-electron chi connectivity index (χ3n) is 3.72. The van der Waals surface area contributed by atoms with Gasteiger partial charge in [-0.15, -0.1) is 5.10 Å². The van der Waals surface area contributed by atoms with Gasteiger partial charge < -0.3 is 10.6 Å². The summed E-state index contributed by atoms with van der Waals surface area (Å²) in [6.07, 6.45) is 1.61. The molecule has 0 amide bonds. The fourth-order valence-electron chi connectivity index (χ4n) is 2.36. The predicted octanol–water partition coefficient (Wildman–Crippen LogP) is 5.05. The normalized spacial score (nSPS) is 10.5. The number of halogens is 1. The molecule has 0 bridgehead atoms. The summed E-state index contributed by atoms with van der Waals surface area (Å²) in [6.45, 7) is 6.17. The standard InChI is InChI=1S/C18H18BrN5/c1-11-7-8-14(9-15(11)19)21-18-23-16(10-20-24-18)22-17-12(2)5-4-6-13(17)3/h4-10H,1-3H3,(H2,21,22,23,24). The minimum atomic E-state index is 0.446. The van der Waals surface area contributed by atoms with Crippen molar-refractivity contribution in [2.75, 3.05) is 10.6 Å². The fraction of sp³-hybridized carbons (Fsp3) is 0.167. The first-order chi connectivity index (χ1) is 11.5. The van der Waals surface area contributed by atoms with Gasteiger partial charge in [0.05, 0.1) is 6.20 Å². The third kappa shape index (κ3) is 3.71. The molecule has 0 fully saturated rings. The number of hydrogen-bond donors (Lipinski definition) is 2. The fourth-order valence-corrected chi connectivity index (χ4v) is 2.73. The Morgan fingerprint density at radius 2 is 1.67 bits per heavy atom. The summed E-state index contributed by atoms with van der Waals surface area (Å²) in [4.78, 5) is 4.49. The molecule has 3 rings (SSSR count). The highest BCUT2D eigenvalue weighted by Crippen LogP contribution is 2.25. The van der Waals surface area contributed by atoms with E-state index in [-0.39, 0.29) is 0 Å². The Balaban J connectivity index is 1.82. The van der Waals surface area contributed by atoms with E-state index in [1.165, 1.54) is 5.56 Å². The lowest BCUT2D eigenvalue weighted by atomic mass is 10.1. The molecule has 24 heavy (non-hydrogen) atoms. The van der Waals surface area contributed by atoms with Crippen LogP contribution in [0.2, 0.25) is 0 Å². The highest BCUT2D eigenvalue weighted by Gasteiger charge is 2.06. The molecule has 2 N–H and O–H groups in total. The Bertz CT molecular complexity index is 859. The van der Waals surface area contributed by atoms with Crippen molar-refractivity contribution < 1.29 is 0 Å².